The second kappa shape index (κ2) is 6.52. The summed E-state index contributed by atoms with van der Waals surface area (Å²) >= 11 is 3.46. The fraction of sp³-hybridized carbons (Fsp3) is 0.200. The number of nitrogens with zero attached hydrogens (tertiary/aromatic N) is 1. The van der Waals surface area contributed by atoms with E-state index in [1.165, 1.54) is 11.8 Å². The normalized spacial score (nSPS) is 10.3. The zero-order valence-corrected chi connectivity index (χ0v) is 12.6. The van der Waals surface area contributed by atoms with E-state index in [0.29, 0.717) is 6.54 Å². The van der Waals surface area contributed by atoms with E-state index in [2.05, 4.69) is 39.2 Å². The number of hydrogen-bond donors (Lipinski definition) is 2. The predicted molar refractivity (Wildman–Crippen MR) is 82.0 cm³/mol. The number of pyridine rings is 1. The molecule has 0 aliphatic carbocycles. The second-order valence-electron chi connectivity index (χ2n) is 4.35. The van der Waals surface area contributed by atoms with E-state index < -0.39 is 5.97 Å². The Hall–Kier alpha value is -1.88. The average molecular weight is 335 g/mol. The number of benzene rings is 1. The third kappa shape index (κ3) is 3.57. The molecule has 0 aliphatic heterocycles. The lowest BCUT2D eigenvalue weighted by molar-refractivity contribution is 0.0696. The average Bonchev–Trinajstić information content (AvgIpc) is 2.46. The molecule has 0 fully saturated rings. The quantitative estimate of drug-likeness (QED) is 0.874. The van der Waals surface area contributed by atoms with Gasteiger partial charge in [0.05, 0.1) is 17.8 Å². The maximum Gasteiger partial charge on any atom is 0.337 e. The highest BCUT2D eigenvalue weighted by molar-refractivity contribution is 9.10. The maximum absolute atomic E-state index is 10.7. The summed E-state index contributed by atoms with van der Waals surface area (Å²) in [5, 5.41) is 12.1. The molecular formula is C15H15BrN2O2. The number of rotatable bonds is 5. The van der Waals surface area contributed by atoms with Crippen molar-refractivity contribution in [3.05, 3.63) is 57.8 Å². The number of carbonyl (C=O) groups is 1. The fourth-order valence-electron chi connectivity index (χ4n) is 1.87. The van der Waals surface area contributed by atoms with Crippen LogP contribution in [-0.4, -0.2) is 16.1 Å². The lowest BCUT2D eigenvalue weighted by Crippen LogP contribution is -2.05. The Labute approximate surface area is 126 Å². The van der Waals surface area contributed by atoms with Crippen LogP contribution in [0.3, 0.4) is 0 Å². The van der Waals surface area contributed by atoms with Gasteiger partial charge in [0.25, 0.3) is 0 Å². The minimum absolute atomic E-state index is 0.201. The summed E-state index contributed by atoms with van der Waals surface area (Å²) in [6.45, 7) is 2.67. The summed E-state index contributed by atoms with van der Waals surface area (Å²) in [6.07, 6.45) is 2.31. The first-order chi connectivity index (χ1) is 9.60. The first-order valence-electron chi connectivity index (χ1n) is 6.30. The molecule has 0 aliphatic rings. The molecule has 104 valence electrons. The molecule has 2 N–H and O–H groups in total. The van der Waals surface area contributed by atoms with E-state index >= 15 is 0 Å². The van der Waals surface area contributed by atoms with Gasteiger partial charge in [0.1, 0.15) is 0 Å². The zero-order valence-electron chi connectivity index (χ0n) is 11.1. The number of aromatic carboxylic acids is 1. The minimum Gasteiger partial charge on any atom is -0.478 e. The van der Waals surface area contributed by atoms with E-state index in [4.69, 9.17) is 5.11 Å². The molecule has 0 saturated heterocycles. The SMILES string of the molecule is CCc1cc(Br)ccc1NCc1ccc(C(=O)O)cn1. The van der Waals surface area contributed by atoms with Gasteiger partial charge < -0.3 is 10.4 Å². The molecule has 2 rings (SSSR count). The lowest BCUT2D eigenvalue weighted by Gasteiger charge is -2.11. The molecule has 2 aromatic rings. The van der Waals surface area contributed by atoms with Gasteiger partial charge in [-0.05, 0) is 42.3 Å². The van der Waals surface area contributed by atoms with Crippen molar-refractivity contribution >= 4 is 27.6 Å². The number of carboxylic acids is 1. The van der Waals surface area contributed by atoms with Crippen LogP contribution < -0.4 is 5.32 Å². The molecule has 1 aromatic carbocycles. The standard InChI is InChI=1S/C15H15BrN2O2/c1-2-10-7-12(16)4-6-14(10)18-9-13-5-3-11(8-17-13)15(19)20/h3-8,18H,2,9H2,1H3,(H,19,20). The number of hydrogen-bond acceptors (Lipinski definition) is 3. The Balaban J connectivity index is 2.06. The van der Waals surface area contributed by atoms with Crippen molar-refractivity contribution < 1.29 is 9.90 Å². The Morgan fingerprint density at radius 3 is 2.75 bits per heavy atom. The molecule has 0 radical (unpaired) electrons. The highest BCUT2D eigenvalue weighted by Gasteiger charge is 2.04. The summed E-state index contributed by atoms with van der Waals surface area (Å²) in [7, 11) is 0. The van der Waals surface area contributed by atoms with Gasteiger partial charge in [-0.15, -0.1) is 0 Å². The molecule has 1 aromatic heterocycles. The van der Waals surface area contributed by atoms with Gasteiger partial charge in [0.15, 0.2) is 0 Å². The van der Waals surface area contributed by atoms with Crippen LogP contribution in [-0.2, 0) is 13.0 Å². The number of carboxylic acid groups (broad SMARTS) is 1. The molecule has 0 bridgehead atoms. The van der Waals surface area contributed by atoms with Crippen LogP contribution >= 0.6 is 15.9 Å². The summed E-state index contributed by atoms with van der Waals surface area (Å²) in [4.78, 5) is 14.9. The van der Waals surface area contributed by atoms with Crippen LogP contribution in [0.15, 0.2) is 41.0 Å². The van der Waals surface area contributed by atoms with Crippen molar-refractivity contribution in [2.24, 2.45) is 0 Å². The summed E-state index contributed by atoms with van der Waals surface area (Å²) < 4.78 is 1.06. The van der Waals surface area contributed by atoms with Gasteiger partial charge in [-0.25, -0.2) is 4.79 Å². The van der Waals surface area contributed by atoms with Crippen molar-refractivity contribution in [2.45, 2.75) is 19.9 Å². The van der Waals surface area contributed by atoms with Crippen LogP contribution in [0.25, 0.3) is 0 Å². The topological polar surface area (TPSA) is 62.2 Å². The zero-order chi connectivity index (χ0) is 14.5. The molecule has 20 heavy (non-hydrogen) atoms. The Morgan fingerprint density at radius 1 is 1.35 bits per heavy atom. The van der Waals surface area contributed by atoms with E-state index in [1.54, 1.807) is 12.1 Å². The Bertz CT molecular complexity index is 612. The molecule has 5 heteroatoms. The van der Waals surface area contributed by atoms with Crippen LogP contribution in [0, 0.1) is 0 Å². The molecule has 0 saturated carbocycles. The number of halogens is 1. The number of aryl methyl sites for hydroxylation is 1. The van der Waals surface area contributed by atoms with Gasteiger partial charge in [-0.1, -0.05) is 22.9 Å². The number of nitrogens with one attached hydrogen (secondary N) is 1. The van der Waals surface area contributed by atoms with E-state index in [1.807, 2.05) is 12.1 Å². The van der Waals surface area contributed by atoms with Crippen LogP contribution in [0.2, 0.25) is 0 Å². The first-order valence-corrected chi connectivity index (χ1v) is 7.10. The predicted octanol–water partition coefficient (Wildman–Crippen LogP) is 3.72. The van der Waals surface area contributed by atoms with E-state index in [0.717, 1.165) is 22.3 Å². The summed E-state index contributed by atoms with van der Waals surface area (Å²) in [5.41, 5.74) is 3.30. The highest BCUT2D eigenvalue weighted by atomic mass is 79.9. The van der Waals surface area contributed by atoms with Crippen LogP contribution in [0.4, 0.5) is 5.69 Å². The molecule has 1 heterocycles. The van der Waals surface area contributed by atoms with Gasteiger partial charge in [-0.3, -0.25) is 4.98 Å². The Morgan fingerprint density at radius 2 is 2.15 bits per heavy atom. The van der Waals surface area contributed by atoms with Gasteiger partial charge in [0.2, 0.25) is 0 Å². The minimum atomic E-state index is -0.960. The van der Waals surface area contributed by atoms with Crippen LogP contribution in [0.1, 0.15) is 28.5 Å². The molecular weight excluding hydrogens is 320 g/mol. The van der Waals surface area contributed by atoms with E-state index in [9.17, 15) is 4.79 Å². The first kappa shape index (κ1) is 14.5. The van der Waals surface area contributed by atoms with Gasteiger partial charge in [-0.2, -0.15) is 0 Å². The van der Waals surface area contributed by atoms with Crippen molar-refractivity contribution in [3.8, 4) is 0 Å². The van der Waals surface area contributed by atoms with Crippen LogP contribution in [0.5, 0.6) is 0 Å². The van der Waals surface area contributed by atoms with Crippen molar-refractivity contribution in [3.63, 3.8) is 0 Å². The van der Waals surface area contributed by atoms with Gasteiger partial charge in [0, 0.05) is 16.4 Å². The van der Waals surface area contributed by atoms with E-state index in [-0.39, 0.29) is 5.56 Å². The highest BCUT2D eigenvalue weighted by Crippen LogP contribution is 2.22. The Kier molecular flexibility index (Phi) is 4.74. The largest absolute Gasteiger partial charge is 0.478 e. The molecule has 0 spiro atoms. The second-order valence-corrected chi connectivity index (χ2v) is 5.27. The monoisotopic (exact) mass is 334 g/mol. The molecule has 4 nitrogen and oxygen atoms in total. The molecule has 0 atom stereocenters. The fourth-order valence-corrected chi connectivity index (χ4v) is 2.28. The number of anilines is 1. The number of aromatic nitrogens is 1. The van der Waals surface area contributed by atoms with Crippen molar-refractivity contribution in [1.82, 2.24) is 4.98 Å². The third-order valence-electron chi connectivity index (χ3n) is 2.98. The van der Waals surface area contributed by atoms with Crippen molar-refractivity contribution in [2.75, 3.05) is 5.32 Å². The summed E-state index contributed by atoms with van der Waals surface area (Å²) in [6, 6.07) is 9.38. The third-order valence-corrected chi connectivity index (χ3v) is 3.47. The molecule has 0 unspecified atom stereocenters. The van der Waals surface area contributed by atoms with Gasteiger partial charge >= 0.3 is 5.97 Å². The lowest BCUT2D eigenvalue weighted by atomic mass is 10.1. The summed E-state index contributed by atoms with van der Waals surface area (Å²) in [5.74, 6) is -0.960. The molecule has 0 amide bonds. The maximum atomic E-state index is 10.7. The smallest absolute Gasteiger partial charge is 0.337 e. The van der Waals surface area contributed by atoms with Crippen molar-refractivity contribution in [1.29, 1.82) is 0 Å².